The van der Waals surface area contributed by atoms with Gasteiger partial charge in [0.05, 0.1) is 0 Å². The van der Waals surface area contributed by atoms with Gasteiger partial charge in [-0.3, -0.25) is 4.79 Å². The summed E-state index contributed by atoms with van der Waals surface area (Å²) in [6.07, 6.45) is 0.514. The van der Waals surface area contributed by atoms with Crippen molar-refractivity contribution in [1.82, 2.24) is 5.32 Å². The standard InChI is InChI=1S/C11H10BrNO/c1-7-10(6-11(14)13-7)8-2-4-9(12)5-3-8/h2-5,10H,1,6H2,(H,13,14). The van der Waals surface area contributed by atoms with Gasteiger partial charge in [0.15, 0.2) is 0 Å². The van der Waals surface area contributed by atoms with Gasteiger partial charge in [0.1, 0.15) is 0 Å². The van der Waals surface area contributed by atoms with Crippen molar-refractivity contribution in [2.75, 3.05) is 0 Å². The lowest BCUT2D eigenvalue weighted by molar-refractivity contribution is -0.118. The second kappa shape index (κ2) is 3.58. The topological polar surface area (TPSA) is 29.1 Å². The van der Waals surface area contributed by atoms with Crippen LogP contribution in [0.15, 0.2) is 41.0 Å². The average Bonchev–Trinajstić information content (AvgIpc) is 2.47. The zero-order valence-corrected chi connectivity index (χ0v) is 9.17. The number of carbonyl (C=O) groups is 1. The molecule has 2 rings (SSSR count). The molecule has 1 N–H and O–H groups in total. The van der Waals surface area contributed by atoms with Crippen LogP contribution in [0.5, 0.6) is 0 Å². The molecule has 1 aliphatic heterocycles. The maximum Gasteiger partial charge on any atom is 0.225 e. The van der Waals surface area contributed by atoms with E-state index >= 15 is 0 Å². The zero-order valence-electron chi connectivity index (χ0n) is 7.59. The third kappa shape index (κ3) is 1.73. The lowest BCUT2D eigenvalue weighted by atomic mass is 9.96. The average molecular weight is 252 g/mol. The summed E-state index contributed by atoms with van der Waals surface area (Å²) < 4.78 is 1.05. The van der Waals surface area contributed by atoms with Gasteiger partial charge in [0, 0.05) is 22.5 Å². The summed E-state index contributed by atoms with van der Waals surface area (Å²) in [5.74, 6) is 0.193. The van der Waals surface area contributed by atoms with Crippen molar-refractivity contribution < 1.29 is 4.79 Å². The van der Waals surface area contributed by atoms with Gasteiger partial charge < -0.3 is 5.32 Å². The molecule has 1 saturated heterocycles. The molecule has 1 unspecified atom stereocenters. The van der Waals surface area contributed by atoms with Crippen molar-refractivity contribution in [2.45, 2.75) is 12.3 Å². The van der Waals surface area contributed by atoms with Gasteiger partial charge in [-0.15, -0.1) is 0 Å². The predicted molar refractivity (Wildman–Crippen MR) is 58.8 cm³/mol. The van der Waals surface area contributed by atoms with Crippen LogP contribution in [0.2, 0.25) is 0 Å². The maximum atomic E-state index is 11.1. The highest BCUT2D eigenvalue weighted by Gasteiger charge is 2.26. The molecule has 0 bridgehead atoms. The Morgan fingerprint density at radius 2 is 2.00 bits per heavy atom. The summed E-state index contributed by atoms with van der Waals surface area (Å²) in [6.45, 7) is 3.84. The van der Waals surface area contributed by atoms with Crippen LogP contribution < -0.4 is 5.32 Å². The van der Waals surface area contributed by atoms with E-state index in [0.717, 1.165) is 15.7 Å². The Hall–Kier alpha value is -1.09. The Kier molecular flexibility index (Phi) is 2.42. The second-order valence-corrected chi connectivity index (χ2v) is 4.30. The molecule has 2 nitrogen and oxygen atoms in total. The van der Waals surface area contributed by atoms with E-state index < -0.39 is 0 Å². The highest BCUT2D eigenvalue weighted by molar-refractivity contribution is 9.10. The molecule has 72 valence electrons. The quantitative estimate of drug-likeness (QED) is 0.817. The molecule has 1 fully saturated rings. The molecular formula is C11H10BrNO. The molecule has 0 aliphatic carbocycles. The monoisotopic (exact) mass is 251 g/mol. The first kappa shape index (κ1) is 9.46. The van der Waals surface area contributed by atoms with Crippen molar-refractivity contribution in [3.05, 3.63) is 46.6 Å². The molecule has 0 aromatic heterocycles. The number of nitrogens with one attached hydrogen (secondary N) is 1. The fourth-order valence-corrected chi connectivity index (χ4v) is 1.90. The minimum Gasteiger partial charge on any atom is -0.330 e. The molecule has 1 heterocycles. The third-order valence-electron chi connectivity index (χ3n) is 2.38. The number of allylic oxidation sites excluding steroid dienone is 1. The molecule has 1 atom stereocenters. The van der Waals surface area contributed by atoms with Crippen molar-refractivity contribution in [3.63, 3.8) is 0 Å². The van der Waals surface area contributed by atoms with E-state index in [1.54, 1.807) is 0 Å². The predicted octanol–water partition coefficient (Wildman–Crippen LogP) is 2.57. The van der Waals surface area contributed by atoms with Crippen LogP contribution in [0.4, 0.5) is 0 Å². The van der Waals surface area contributed by atoms with E-state index in [-0.39, 0.29) is 11.8 Å². The maximum absolute atomic E-state index is 11.1. The lowest BCUT2D eigenvalue weighted by Crippen LogP contribution is -2.11. The largest absolute Gasteiger partial charge is 0.330 e. The third-order valence-corrected chi connectivity index (χ3v) is 2.91. The zero-order chi connectivity index (χ0) is 10.1. The van der Waals surface area contributed by atoms with Crippen LogP contribution in [0.25, 0.3) is 0 Å². The van der Waals surface area contributed by atoms with Crippen LogP contribution in [-0.4, -0.2) is 5.91 Å². The van der Waals surface area contributed by atoms with Gasteiger partial charge in [-0.2, -0.15) is 0 Å². The van der Waals surface area contributed by atoms with Crippen LogP contribution in [0.1, 0.15) is 17.9 Å². The van der Waals surface area contributed by atoms with Gasteiger partial charge in [-0.05, 0) is 17.7 Å². The van der Waals surface area contributed by atoms with Crippen LogP contribution in [0.3, 0.4) is 0 Å². The van der Waals surface area contributed by atoms with E-state index in [1.807, 2.05) is 24.3 Å². The first-order valence-corrected chi connectivity index (χ1v) is 5.20. The highest BCUT2D eigenvalue weighted by Crippen LogP contribution is 2.30. The second-order valence-electron chi connectivity index (χ2n) is 3.38. The van der Waals surface area contributed by atoms with Gasteiger partial charge in [-0.1, -0.05) is 34.6 Å². The number of hydrogen-bond acceptors (Lipinski definition) is 1. The number of amides is 1. The highest BCUT2D eigenvalue weighted by atomic mass is 79.9. The van der Waals surface area contributed by atoms with Gasteiger partial charge in [0.2, 0.25) is 5.91 Å². The molecule has 0 saturated carbocycles. The lowest BCUT2D eigenvalue weighted by Gasteiger charge is -2.09. The summed E-state index contributed by atoms with van der Waals surface area (Å²) in [5, 5.41) is 2.73. The molecule has 0 radical (unpaired) electrons. The molecule has 1 aromatic rings. The summed E-state index contributed by atoms with van der Waals surface area (Å²) in [4.78, 5) is 11.1. The fraction of sp³-hybridized carbons (Fsp3) is 0.182. The number of benzene rings is 1. The number of rotatable bonds is 1. The molecule has 0 spiro atoms. The number of halogens is 1. The number of hydrogen-bond donors (Lipinski definition) is 1. The van der Waals surface area contributed by atoms with E-state index in [2.05, 4.69) is 27.8 Å². The van der Waals surface area contributed by atoms with Gasteiger partial charge >= 0.3 is 0 Å². The summed E-state index contributed by atoms with van der Waals surface area (Å²) in [7, 11) is 0. The normalized spacial score (nSPS) is 21.1. The van der Waals surface area contributed by atoms with E-state index in [4.69, 9.17) is 0 Å². The Balaban J connectivity index is 2.27. The van der Waals surface area contributed by atoms with Crippen molar-refractivity contribution in [1.29, 1.82) is 0 Å². The molecule has 1 amide bonds. The molecular weight excluding hydrogens is 242 g/mol. The van der Waals surface area contributed by atoms with E-state index in [9.17, 15) is 4.79 Å². The fourth-order valence-electron chi connectivity index (χ4n) is 1.64. The molecule has 1 aromatic carbocycles. The Morgan fingerprint density at radius 3 is 2.50 bits per heavy atom. The minimum atomic E-state index is 0.0583. The van der Waals surface area contributed by atoms with E-state index in [1.165, 1.54) is 0 Å². The summed E-state index contributed by atoms with van der Waals surface area (Å²) >= 11 is 3.38. The van der Waals surface area contributed by atoms with Crippen LogP contribution >= 0.6 is 15.9 Å². The minimum absolute atomic E-state index is 0.0583. The SMILES string of the molecule is C=C1NC(=O)CC1c1ccc(Br)cc1. The van der Waals surface area contributed by atoms with Crippen molar-refractivity contribution >= 4 is 21.8 Å². The van der Waals surface area contributed by atoms with Crippen molar-refractivity contribution in [2.24, 2.45) is 0 Å². The van der Waals surface area contributed by atoms with Crippen LogP contribution in [0, 0.1) is 0 Å². The first-order chi connectivity index (χ1) is 6.66. The van der Waals surface area contributed by atoms with Gasteiger partial charge in [0.25, 0.3) is 0 Å². The summed E-state index contributed by atoms with van der Waals surface area (Å²) in [6, 6.07) is 7.98. The smallest absolute Gasteiger partial charge is 0.225 e. The van der Waals surface area contributed by atoms with Gasteiger partial charge in [-0.25, -0.2) is 0 Å². The molecule has 14 heavy (non-hydrogen) atoms. The molecule has 3 heteroatoms. The molecule has 1 aliphatic rings. The Morgan fingerprint density at radius 1 is 1.36 bits per heavy atom. The van der Waals surface area contributed by atoms with Crippen molar-refractivity contribution in [3.8, 4) is 0 Å². The first-order valence-electron chi connectivity index (χ1n) is 4.41. The number of carbonyl (C=O) groups excluding carboxylic acids is 1. The van der Waals surface area contributed by atoms with E-state index in [0.29, 0.717) is 6.42 Å². The summed E-state index contributed by atoms with van der Waals surface area (Å²) in [5.41, 5.74) is 1.94. The Labute approximate surface area is 91.1 Å². The van der Waals surface area contributed by atoms with Crippen LogP contribution in [-0.2, 0) is 4.79 Å². The Bertz CT molecular complexity index is 383.